The summed E-state index contributed by atoms with van der Waals surface area (Å²) in [5.41, 5.74) is 0. The topological polar surface area (TPSA) is 58.1 Å². The average molecular weight is 508 g/mol. The third kappa shape index (κ3) is 11.4. The van der Waals surface area contributed by atoms with Gasteiger partial charge in [-0.25, -0.2) is 0 Å². The second-order valence-corrected chi connectivity index (χ2v) is 7.38. The van der Waals surface area contributed by atoms with Gasteiger partial charge in [0, 0.05) is 58.4 Å². The number of aliphatic imine (C=N–C) groups is 1. The van der Waals surface area contributed by atoms with Crippen molar-refractivity contribution in [1.29, 1.82) is 0 Å². The second-order valence-electron chi connectivity index (χ2n) is 7.38. The summed E-state index contributed by atoms with van der Waals surface area (Å²) in [7, 11) is 1.81. The van der Waals surface area contributed by atoms with Gasteiger partial charge in [0.1, 0.15) is 0 Å². The van der Waals surface area contributed by atoms with Crippen molar-refractivity contribution in [1.82, 2.24) is 15.5 Å². The first-order valence-corrected chi connectivity index (χ1v) is 10.2. The van der Waals surface area contributed by atoms with Gasteiger partial charge < -0.3 is 20.1 Å². The van der Waals surface area contributed by atoms with Crippen molar-refractivity contribution in [3.05, 3.63) is 25.3 Å². The van der Waals surface area contributed by atoms with Crippen LogP contribution in [0.25, 0.3) is 0 Å². The van der Waals surface area contributed by atoms with Gasteiger partial charge in [0.05, 0.1) is 13.2 Å². The maximum absolute atomic E-state index is 5.74. The number of hydrogen-bond acceptors (Lipinski definition) is 4. The Hall–Kier alpha value is -0.640. The monoisotopic (exact) mass is 508 g/mol. The van der Waals surface area contributed by atoms with E-state index in [1.165, 1.54) is 0 Å². The molecule has 0 amide bonds. The van der Waals surface area contributed by atoms with E-state index in [0.717, 1.165) is 71.4 Å². The van der Waals surface area contributed by atoms with Crippen molar-refractivity contribution in [3.8, 4) is 0 Å². The molecule has 1 heterocycles. The van der Waals surface area contributed by atoms with Crippen molar-refractivity contribution < 1.29 is 9.47 Å². The van der Waals surface area contributed by atoms with Gasteiger partial charge >= 0.3 is 0 Å². The lowest BCUT2D eigenvalue weighted by atomic mass is 10.0. The zero-order valence-electron chi connectivity index (χ0n) is 18.0. The number of hydrogen-bond donors (Lipinski definition) is 2. The molecule has 6 nitrogen and oxygen atoms in total. The van der Waals surface area contributed by atoms with E-state index in [2.05, 4.69) is 47.5 Å². The molecule has 0 saturated carbocycles. The molecule has 1 fully saturated rings. The molecule has 0 aliphatic carbocycles. The van der Waals surface area contributed by atoms with Crippen LogP contribution in [0.2, 0.25) is 0 Å². The fourth-order valence-electron chi connectivity index (χ4n) is 3.23. The summed E-state index contributed by atoms with van der Waals surface area (Å²) in [4.78, 5) is 6.71. The summed E-state index contributed by atoms with van der Waals surface area (Å²) >= 11 is 0. The summed E-state index contributed by atoms with van der Waals surface area (Å²) in [5, 5.41) is 6.83. The van der Waals surface area contributed by atoms with E-state index in [-0.39, 0.29) is 24.0 Å². The molecule has 0 aromatic heterocycles. The molecular weight excluding hydrogens is 467 g/mol. The SMILES string of the molecule is C=CCN(CC=C)C(CNC(=NC)NCCCOCC1CCOC1)C(C)C.I. The Bertz CT molecular complexity index is 430. The molecule has 28 heavy (non-hydrogen) atoms. The molecule has 2 N–H and O–H groups in total. The van der Waals surface area contributed by atoms with Crippen LogP contribution < -0.4 is 10.6 Å². The van der Waals surface area contributed by atoms with E-state index < -0.39 is 0 Å². The molecule has 1 saturated heterocycles. The molecule has 7 heteroatoms. The van der Waals surface area contributed by atoms with Crippen molar-refractivity contribution in [2.75, 3.05) is 59.7 Å². The standard InChI is InChI=1S/C21H40N4O2.HI/c1-6-11-25(12-7-2)20(18(3)4)15-24-21(22-5)23-10-8-13-26-16-19-9-14-27-17-19;/h6-7,18-20H,1-2,8-17H2,3-5H3,(H2,22,23,24);1H. The first kappa shape index (κ1) is 27.4. The Morgan fingerprint density at radius 3 is 2.54 bits per heavy atom. The minimum absolute atomic E-state index is 0. The quantitative estimate of drug-likeness (QED) is 0.124. The molecular formula is C21H41IN4O2. The largest absolute Gasteiger partial charge is 0.381 e. The Kier molecular flexibility index (Phi) is 16.8. The van der Waals surface area contributed by atoms with E-state index >= 15 is 0 Å². The summed E-state index contributed by atoms with van der Waals surface area (Å²) < 4.78 is 11.1. The summed E-state index contributed by atoms with van der Waals surface area (Å²) in [6.45, 7) is 18.9. The predicted molar refractivity (Wildman–Crippen MR) is 130 cm³/mol. The first-order chi connectivity index (χ1) is 13.1. The minimum Gasteiger partial charge on any atom is -0.381 e. The Morgan fingerprint density at radius 1 is 1.29 bits per heavy atom. The van der Waals surface area contributed by atoms with Crippen LogP contribution in [-0.2, 0) is 9.47 Å². The van der Waals surface area contributed by atoms with Gasteiger partial charge in [0.2, 0.25) is 0 Å². The Morgan fingerprint density at radius 2 is 2.00 bits per heavy atom. The van der Waals surface area contributed by atoms with Gasteiger partial charge in [-0.15, -0.1) is 37.1 Å². The van der Waals surface area contributed by atoms with Crippen LogP contribution in [0.1, 0.15) is 26.7 Å². The van der Waals surface area contributed by atoms with Gasteiger partial charge in [-0.3, -0.25) is 9.89 Å². The number of nitrogens with zero attached hydrogens (tertiary/aromatic N) is 2. The van der Waals surface area contributed by atoms with Gasteiger partial charge in [-0.1, -0.05) is 26.0 Å². The van der Waals surface area contributed by atoms with Crippen LogP contribution in [0.3, 0.4) is 0 Å². The van der Waals surface area contributed by atoms with E-state index in [1.807, 2.05) is 19.2 Å². The zero-order chi connectivity index (χ0) is 19.9. The van der Waals surface area contributed by atoms with Crippen LogP contribution in [0.5, 0.6) is 0 Å². The second kappa shape index (κ2) is 17.2. The third-order valence-electron chi connectivity index (χ3n) is 4.80. The molecule has 2 atom stereocenters. The minimum atomic E-state index is 0. The fourth-order valence-corrected chi connectivity index (χ4v) is 3.23. The van der Waals surface area contributed by atoms with Crippen molar-refractivity contribution in [2.45, 2.75) is 32.7 Å². The Labute approximate surface area is 189 Å². The smallest absolute Gasteiger partial charge is 0.191 e. The average Bonchev–Trinajstić information content (AvgIpc) is 3.16. The van der Waals surface area contributed by atoms with Crippen LogP contribution in [0, 0.1) is 11.8 Å². The summed E-state index contributed by atoms with van der Waals surface area (Å²) in [6.07, 6.45) is 5.98. The van der Waals surface area contributed by atoms with E-state index in [1.54, 1.807) is 0 Å². The Balaban J connectivity index is 0.00000729. The third-order valence-corrected chi connectivity index (χ3v) is 4.80. The normalized spacial score (nSPS) is 18.0. The van der Waals surface area contributed by atoms with E-state index in [4.69, 9.17) is 9.47 Å². The van der Waals surface area contributed by atoms with Gasteiger partial charge in [0.15, 0.2) is 5.96 Å². The molecule has 1 aliphatic rings. The molecule has 0 aromatic carbocycles. The number of ether oxygens (including phenoxy) is 2. The summed E-state index contributed by atoms with van der Waals surface area (Å²) in [6, 6.07) is 0.386. The van der Waals surface area contributed by atoms with E-state index in [9.17, 15) is 0 Å². The first-order valence-electron chi connectivity index (χ1n) is 10.2. The fraction of sp³-hybridized carbons (Fsp3) is 0.762. The highest BCUT2D eigenvalue weighted by Gasteiger charge is 2.20. The molecule has 0 spiro atoms. The number of halogens is 1. The van der Waals surface area contributed by atoms with Gasteiger partial charge in [-0.05, 0) is 18.8 Å². The maximum atomic E-state index is 5.74. The van der Waals surface area contributed by atoms with Crippen molar-refractivity contribution in [3.63, 3.8) is 0 Å². The highest BCUT2D eigenvalue weighted by atomic mass is 127. The van der Waals surface area contributed by atoms with Crippen LogP contribution in [0.4, 0.5) is 0 Å². The van der Waals surface area contributed by atoms with Crippen molar-refractivity contribution in [2.24, 2.45) is 16.8 Å². The molecule has 0 aromatic rings. The number of guanidine groups is 1. The molecule has 0 bridgehead atoms. The number of rotatable bonds is 14. The van der Waals surface area contributed by atoms with Crippen molar-refractivity contribution >= 4 is 29.9 Å². The van der Waals surface area contributed by atoms with Crippen LogP contribution >= 0.6 is 24.0 Å². The maximum Gasteiger partial charge on any atom is 0.191 e. The lowest BCUT2D eigenvalue weighted by Crippen LogP contribution is -2.49. The number of nitrogens with one attached hydrogen (secondary N) is 2. The van der Waals surface area contributed by atoms with Gasteiger partial charge in [-0.2, -0.15) is 0 Å². The molecule has 0 radical (unpaired) electrons. The van der Waals surface area contributed by atoms with Crippen LogP contribution in [-0.4, -0.2) is 76.6 Å². The summed E-state index contributed by atoms with van der Waals surface area (Å²) in [5.74, 6) is 1.93. The highest BCUT2D eigenvalue weighted by Crippen LogP contribution is 2.12. The van der Waals surface area contributed by atoms with Crippen LogP contribution in [0.15, 0.2) is 30.3 Å². The molecule has 164 valence electrons. The lowest BCUT2D eigenvalue weighted by molar-refractivity contribution is 0.0888. The molecule has 1 rings (SSSR count). The predicted octanol–water partition coefficient (Wildman–Crippen LogP) is 2.91. The lowest BCUT2D eigenvalue weighted by Gasteiger charge is -2.33. The highest BCUT2D eigenvalue weighted by molar-refractivity contribution is 14.0. The zero-order valence-corrected chi connectivity index (χ0v) is 20.3. The van der Waals surface area contributed by atoms with E-state index in [0.29, 0.717) is 17.9 Å². The van der Waals surface area contributed by atoms with Gasteiger partial charge in [0.25, 0.3) is 0 Å². The molecule has 1 aliphatic heterocycles. The molecule has 2 unspecified atom stereocenters.